The smallest absolute Gasteiger partial charge is 0.328 e. The molecule has 4 aromatic rings. The summed E-state index contributed by atoms with van der Waals surface area (Å²) in [6, 6.07) is 10.7. The molecular formula is C27H19ClF3N3O2. The largest absolute Gasteiger partial charge is 0.478 e. The zero-order valence-electron chi connectivity index (χ0n) is 18.7. The molecule has 1 saturated carbocycles. The van der Waals surface area contributed by atoms with E-state index in [4.69, 9.17) is 16.7 Å². The van der Waals surface area contributed by atoms with E-state index in [1.165, 1.54) is 24.3 Å². The number of carboxylic acids is 1. The van der Waals surface area contributed by atoms with Crippen molar-refractivity contribution >= 4 is 45.7 Å². The minimum Gasteiger partial charge on any atom is -0.478 e. The zero-order chi connectivity index (χ0) is 25.4. The molecule has 0 amide bonds. The summed E-state index contributed by atoms with van der Waals surface area (Å²) in [5.74, 6) is -3.06. The number of nitrogens with zero attached hydrogens (tertiary/aromatic N) is 2. The van der Waals surface area contributed by atoms with Gasteiger partial charge in [0.25, 0.3) is 0 Å². The van der Waals surface area contributed by atoms with Crippen LogP contribution in [0.4, 0.5) is 13.2 Å². The van der Waals surface area contributed by atoms with Gasteiger partial charge in [-0.05, 0) is 71.4 Å². The third-order valence-electron chi connectivity index (χ3n) is 6.35. The van der Waals surface area contributed by atoms with Gasteiger partial charge in [0, 0.05) is 11.6 Å². The molecule has 2 heterocycles. The third-order valence-corrected chi connectivity index (χ3v) is 6.63. The number of aromatic nitrogens is 3. The molecule has 5 nitrogen and oxygen atoms in total. The van der Waals surface area contributed by atoms with Crippen molar-refractivity contribution in [3.05, 3.63) is 99.7 Å². The van der Waals surface area contributed by atoms with Crippen LogP contribution in [0.1, 0.15) is 41.6 Å². The first-order chi connectivity index (χ1) is 17.3. The van der Waals surface area contributed by atoms with Gasteiger partial charge < -0.3 is 5.11 Å². The van der Waals surface area contributed by atoms with Gasteiger partial charge in [-0.25, -0.2) is 13.6 Å². The lowest BCUT2D eigenvalue weighted by atomic mass is 9.74. The predicted molar refractivity (Wildman–Crippen MR) is 132 cm³/mol. The number of allylic oxidation sites excluding steroid dienone is 1. The number of rotatable bonds is 6. The maximum absolute atomic E-state index is 15.1. The molecule has 36 heavy (non-hydrogen) atoms. The summed E-state index contributed by atoms with van der Waals surface area (Å²) < 4.78 is 43.3. The molecular weight excluding hydrogens is 491 g/mol. The molecule has 0 unspecified atom stereocenters. The average molecular weight is 510 g/mol. The quantitative estimate of drug-likeness (QED) is 0.277. The van der Waals surface area contributed by atoms with Gasteiger partial charge in [0.05, 0.1) is 27.8 Å². The number of carboxylic acid groups (broad SMARTS) is 1. The third kappa shape index (κ3) is 4.52. The zero-order valence-corrected chi connectivity index (χ0v) is 19.5. The molecule has 5 rings (SSSR count). The van der Waals surface area contributed by atoms with Crippen molar-refractivity contribution in [3.63, 3.8) is 0 Å². The molecule has 182 valence electrons. The van der Waals surface area contributed by atoms with Gasteiger partial charge in [-0.3, -0.25) is 10.1 Å². The highest BCUT2D eigenvalue weighted by Gasteiger charge is 2.30. The van der Waals surface area contributed by atoms with Crippen molar-refractivity contribution in [1.82, 2.24) is 15.2 Å². The number of carbonyl (C=O) groups is 1. The van der Waals surface area contributed by atoms with E-state index in [1.54, 1.807) is 24.3 Å². The highest BCUT2D eigenvalue weighted by Crippen LogP contribution is 2.46. The van der Waals surface area contributed by atoms with Gasteiger partial charge in [0.1, 0.15) is 11.6 Å². The Labute approximate surface area is 208 Å². The number of benzene rings is 2. The van der Waals surface area contributed by atoms with Crippen LogP contribution in [-0.2, 0) is 4.79 Å². The van der Waals surface area contributed by atoms with Crippen LogP contribution < -0.4 is 0 Å². The van der Waals surface area contributed by atoms with Crippen molar-refractivity contribution in [2.24, 2.45) is 5.92 Å². The molecule has 9 heteroatoms. The Kier molecular flexibility index (Phi) is 6.36. The highest BCUT2D eigenvalue weighted by molar-refractivity contribution is 6.32. The standard InChI is InChI=1S/C27H19ClF3N3O2/c28-20-12-18(29)13-32-26(20)25(15-2-1-3-15)24(16-6-8-22-19(10-16)27(31)34-33-22)17-5-4-14(21(30)11-17)7-9-23(35)36/h4-13,15H,1-3H2,(H,33,34)(H,35,36). The lowest BCUT2D eigenvalue weighted by molar-refractivity contribution is -0.131. The van der Waals surface area contributed by atoms with Gasteiger partial charge in [-0.1, -0.05) is 36.2 Å². The Morgan fingerprint density at radius 2 is 1.83 bits per heavy atom. The first-order valence-electron chi connectivity index (χ1n) is 11.2. The van der Waals surface area contributed by atoms with E-state index in [1.807, 2.05) is 0 Å². The molecule has 0 spiro atoms. The van der Waals surface area contributed by atoms with Crippen LogP contribution >= 0.6 is 11.6 Å². The Morgan fingerprint density at radius 3 is 2.50 bits per heavy atom. The number of H-pyrrole nitrogens is 1. The molecule has 0 atom stereocenters. The maximum Gasteiger partial charge on any atom is 0.328 e. The number of fused-ring (bicyclic) bond motifs is 1. The van der Waals surface area contributed by atoms with E-state index in [0.29, 0.717) is 33.5 Å². The molecule has 0 aliphatic heterocycles. The van der Waals surface area contributed by atoms with E-state index in [9.17, 15) is 13.6 Å². The lowest BCUT2D eigenvalue weighted by Crippen LogP contribution is -2.16. The number of hydrogen-bond acceptors (Lipinski definition) is 3. The minimum atomic E-state index is -1.20. The topological polar surface area (TPSA) is 78.9 Å². The monoisotopic (exact) mass is 509 g/mol. The van der Waals surface area contributed by atoms with Gasteiger partial charge in [0.2, 0.25) is 5.95 Å². The Morgan fingerprint density at radius 1 is 1.08 bits per heavy atom. The number of pyridine rings is 1. The molecule has 1 fully saturated rings. The van der Waals surface area contributed by atoms with Crippen LogP contribution in [-0.4, -0.2) is 26.3 Å². The summed E-state index contributed by atoms with van der Waals surface area (Å²) in [7, 11) is 0. The van der Waals surface area contributed by atoms with Crippen LogP contribution in [0.3, 0.4) is 0 Å². The van der Waals surface area contributed by atoms with Crippen molar-refractivity contribution in [2.45, 2.75) is 19.3 Å². The number of nitrogens with one attached hydrogen (secondary N) is 1. The average Bonchev–Trinajstić information content (AvgIpc) is 3.17. The highest BCUT2D eigenvalue weighted by atomic mass is 35.5. The van der Waals surface area contributed by atoms with Crippen molar-refractivity contribution in [3.8, 4) is 0 Å². The summed E-state index contributed by atoms with van der Waals surface area (Å²) in [6.45, 7) is 0. The number of halogens is 4. The number of hydrogen-bond donors (Lipinski definition) is 2. The molecule has 1 aliphatic rings. The number of aromatic amines is 1. The van der Waals surface area contributed by atoms with Gasteiger partial charge in [-0.2, -0.15) is 4.39 Å². The van der Waals surface area contributed by atoms with Crippen LogP contribution in [0.2, 0.25) is 5.02 Å². The molecule has 0 saturated heterocycles. The van der Waals surface area contributed by atoms with Gasteiger partial charge in [0.15, 0.2) is 0 Å². The van der Waals surface area contributed by atoms with Crippen LogP contribution in [0.15, 0.2) is 54.7 Å². The maximum atomic E-state index is 15.1. The Balaban J connectivity index is 1.80. The van der Waals surface area contributed by atoms with Crippen LogP contribution in [0, 0.1) is 23.5 Å². The summed E-state index contributed by atoms with van der Waals surface area (Å²) in [6.07, 6.45) is 5.74. The Hall–Kier alpha value is -3.91. The molecule has 2 N–H and O–H groups in total. The van der Waals surface area contributed by atoms with E-state index in [0.717, 1.165) is 31.5 Å². The van der Waals surface area contributed by atoms with E-state index in [2.05, 4.69) is 15.2 Å². The summed E-state index contributed by atoms with van der Waals surface area (Å²) in [4.78, 5) is 15.2. The second kappa shape index (κ2) is 9.62. The first-order valence-corrected chi connectivity index (χ1v) is 11.6. The normalized spacial score (nSPS) is 14.8. The molecule has 0 radical (unpaired) electrons. The van der Waals surface area contributed by atoms with Crippen LogP contribution in [0.25, 0.3) is 28.1 Å². The van der Waals surface area contributed by atoms with E-state index >= 15 is 4.39 Å². The fraction of sp³-hybridized carbons (Fsp3) is 0.148. The van der Waals surface area contributed by atoms with E-state index in [-0.39, 0.29) is 21.9 Å². The Bertz CT molecular complexity index is 1560. The second-order valence-electron chi connectivity index (χ2n) is 8.58. The van der Waals surface area contributed by atoms with Gasteiger partial charge >= 0.3 is 5.97 Å². The molecule has 2 aromatic carbocycles. The SMILES string of the molecule is O=C(O)C=Cc1ccc(C(=C(c2ncc(F)cc2Cl)C2CCC2)c2ccc3[nH]nc(F)c3c2)cc1F. The number of aliphatic carboxylic acids is 1. The van der Waals surface area contributed by atoms with Crippen molar-refractivity contribution in [2.75, 3.05) is 0 Å². The minimum absolute atomic E-state index is 0.0231. The fourth-order valence-electron chi connectivity index (χ4n) is 4.42. The van der Waals surface area contributed by atoms with E-state index < -0.39 is 23.6 Å². The molecule has 1 aliphatic carbocycles. The predicted octanol–water partition coefficient (Wildman–Crippen LogP) is 6.89. The first kappa shape index (κ1) is 23.8. The van der Waals surface area contributed by atoms with Crippen LogP contribution in [0.5, 0.6) is 0 Å². The van der Waals surface area contributed by atoms with Crippen molar-refractivity contribution < 1.29 is 23.1 Å². The van der Waals surface area contributed by atoms with Gasteiger partial charge in [-0.15, -0.1) is 5.10 Å². The molecule has 2 aromatic heterocycles. The van der Waals surface area contributed by atoms with Crippen molar-refractivity contribution in [1.29, 1.82) is 0 Å². The molecule has 0 bridgehead atoms. The lowest BCUT2D eigenvalue weighted by Gasteiger charge is -2.31. The summed E-state index contributed by atoms with van der Waals surface area (Å²) in [5, 5.41) is 15.5. The summed E-state index contributed by atoms with van der Waals surface area (Å²) in [5.41, 5.74) is 3.31. The second-order valence-corrected chi connectivity index (χ2v) is 8.99. The summed E-state index contributed by atoms with van der Waals surface area (Å²) >= 11 is 6.45. The fourth-order valence-corrected chi connectivity index (χ4v) is 4.67.